The highest BCUT2D eigenvalue weighted by Crippen LogP contribution is 2.22. The molecule has 3 aromatic rings. The Morgan fingerprint density at radius 3 is 2.76 bits per heavy atom. The van der Waals surface area contributed by atoms with Gasteiger partial charge in [0, 0.05) is 29.4 Å². The first kappa shape index (κ1) is 13.8. The van der Waals surface area contributed by atoms with E-state index in [4.69, 9.17) is 5.73 Å². The quantitative estimate of drug-likeness (QED) is 0.799. The summed E-state index contributed by atoms with van der Waals surface area (Å²) in [6.07, 6.45) is 4.58. The summed E-state index contributed by atoms with van der Waals surface area (Å²) in [5.74, 6) is -0.191. The third kappa shape index (κ3) is 2.81. The second-order valence-electron chi connectivity index (χ2n) is 5.43. The molecule has 1 unspecified atom stereocenters. The lowest BCUT2D eigenvalue weighted by atomic mass is 10.1. The summed E-state index contributed by atoms with van der Waals surface area (Å²) in [7, 11) is 0. The maximum Gasteiger partial charge on any atom is 0.140 e. The molecular formula is C17H18FN3. The lowest BCUT2D eigenvalue weighted by Gasteiger charge is -2.05. The fourth-order valence-electron chi connectivity index (χ4n) is 2.64. The van der Waals surface area contributed by atoms with Gasteiger partial charge in [-0.1, -0.05) is 18.2 Å². The Kier molecular flexibility index (Phi) is 3.71. The van der Waals surface area contributed by atoms with E-state index in [0.717, 1.165) is 23.0 Å². The summed E-state index contributed by atoms with van der Waals surface area (Å²) in [6.45, 7) is 2.45. The number of hydrogen-bond acceptors (Lipinski definition) is 2. The zero-order chi connectivity index (χ0) is 14.8. The third-order valence-corrected chi connectivity index (χ3v) is 3.56. The maximum atomic E-state index is 13.8. The van der Waals surface area contributed by atoms with Gasteiger partial charge in [0.05, 0.1) is 6.54 Å². The minimum absolute atomic E-state index is 0.0812. The van der Waals surface area contributed by atoms with Gasteiger partial charge in [-0.3, -0.25) is 0 Å². The van der Waals surface area contributed by atoms with Crippen LogP contribution in [0.4, 0.5) is 4.39 Å². The second-order valence-corrected chi connectivity index (χ2v) is 5.43. The molecule has 0 spiro atoms. The third-order valence-electron chi connectivity index (χ3n) is 3.56. The first-order valence-corrected chi connectivity index (χ1v) is 7.07. The van der Waals surface area contributed by atoms with Crippen molar-refractivity contribution < 1.29 is 4.39 Å². The van der Waals surface area contributed by atoms with Crippen LogP contribution in [0.25, 0.3) is 11.0 Å². The molecule has 2 aromatic heterocycles. The Balaban J connectivity index is 2.04. The molecule has 0 saturated heterocycles. The van der Waals surface area contributed by atoms with Crippen LogP contribution in [-0.2, 0) is 13.0 Å². The molecule has 0 aliphatic rings. The fourth-order valence-corrected chi connectivity index (χ4v) is 2.64. The summed E-state index contributed by atoms with van der Waals surface area (Å²) in [5, 5.41) is 1.09. The number of pyridine rings is 1. The normalized spacial score (nSPS) is 12.7. The summed E-state index contributed by atoms with van der Waals surface area (Å²) in [5.41, 5.74) is 8.60. The standard InChI is InChI=1S/C17H18FN3/c1-12(19)9-14-11-21(17-15(14)6-4-8-20-17)10-13-5-2-3-7-16(13)18/h2-8,11-12H,9-10,19H2,1H3. The van der Waals surface area contributed by atoms with Crippen molar-refractivity contribution in [3.05, 3.63) is 65.7 Å². The molecule has 2 heterocycles. The number of halogens is 1. The topological polar surface area (TPSA) is 43.8 Å². The Bertz CT molecular complexity index is 762. The van der Waals surface area contributed by atoms with Gasteiger partial charge in [0.1, 0.15) is 11.5 Å². The van der Waals surface area contributed by atoms with Crippen LogP contribution in [0.15, 0.2) is 48.8 Å². The molecule has 0 radical (unpaired) electrons. The first-order chi connectivity index (χ1) is 10.1. The van der Waals surface area contributed by atoms with Crippen LogP contribution in [0, 0.1) is 5.82 Å². The summed E-state index contributed by atoms with van der Waals surface area (Å²) >= 11 is 0. The Labute approximate surface area is 123 Å². The zero-order valence-corrected chi connectivity index (χ0v) is 12.0. The maximum absolute atomic E-state index is 13.8. The van der Waals surface area contributed by atoms with E-state index in [1.54, 1.807) is 18.3 Å². The highest BCUT2D eigenvalue weighted by molar-refractivity contribution is 5.80. The van der Waals surface area contributed by atoms with Crippen LogP contribution in [0.5, 0.6) is 0 Å². The number of fused-ring (bicyclic) bond motifs is 1. The van der Waals surface area contributed by atoms with Crippen LogP contribution >= 0.6 is 0 Å². The predicted molar refractivity (Wildman–Crippen MR) is 82.6 cm³/mol. The molecular weight excluding hydrogens is 265 g/mol. The summed E-state index contributed by atoms with van der Waals surface area (Å²) in [6, 6.07) is 10.9. The smallest absolute Gasteiger partial charge is 0.140 e. The first-order valence-electron chi connectivity index (χ1n) is 7.07. The molecule has 108 valence electrons. The van der Waals surface area contributed by atoms with Crippen LogP contribution in [0.2, 0.25) is 0 Å². The Hall–Kier alpha value is -2.20. The molecule has 3 rings (SSSR count). The highest BCUT2D eigenvalue weighted by Gasteiger charge is 2.12. The van der Waals surface area contributed by atoms with E-state index in [9.17, 15) is 4.39 Å². The van der Waals surface area contributed by atoms with Crippen molar-refractivity contribution in [2.75, 3.05) is 0 Å². The van der Waals surface area contributed by atoms with E-state index >= 15 is 0 Å². The van der Waals surface area contributed by atoms with Gasteiger partial charge in [-0.2, -0.15) is 0 Å². The van der Waals surface area contributed by atoms with Gasteiger partial charge in [0.15, 0.2) is 0 Å². The van der Waals surface area contributed by atoms with Crippen LogP contribution in [-0.4, -0.2) is 15.6 Å². The molecule has 0 saturated carbocycles. The molecule has 21 heavy (non-hydrogen) atoms. The Morgan fingerprint density at radius 1 is 1.19 bits per heavy atom. The van der Waals surface area contributed by atoms with Crippen molar-refractivity contribution in [3.63, 3.8) is 0 Å². The van der Waals surface area contributed by atoms with Crippen molar-refractivity contribution in [1.82, 2.24) is 9.55 Å². The molecule has 3 nitrogen and oxygen atoms in total. The molecule has 2 N–H and O–H groups in total. The largest absolute Gasteiger partial charge is 0.328 e. The van der Waals surface area contributed by atoms with Gasteiger partial charge in [-0.05, 0) is 37.1 Å². The average Bonchev–Trinajstić information content (AvgIpc) is 2.79. The zero-order valence-electron chi connectivity index (χ0n) is 12.0. The van der Waals surface area contributed by atoms with Crippen molar-refractivity contribution in [2.45, 2.75) is 25.9 Å². The monoisotopic (exact) mass is 283 g/mol. The SMILES string of the molecule is CC(N)Cc1cn(Cc2ccccc2F)c2ncccc12. The minimum atomic E-state index is -0.191. The summed E-state index contributed by atoms with van der Waals surface area (Å²) in [4.78, 5) is 4.43. The number of rotatable bonds is 4. The number of aromatic nitrogens is 2. The van der Waals surface area contributed by atoms with E-state index in [1.165, 1.54) is 6.07 Å². The second kappa shape index (κ2) is 5.66. The van der Waals surface area contributed by atoms with Gasteiger partial charge >= 0.3 is 0 Å². The molecule has 1 atom stereocenters. The number of nitrogens with two attached hydrogens (primary N) is 1. The van der Waals surface area contributed by atoms with E-state index in [2.05, 4.69) is 4.98 Å². The van der Waals surface area contributed by atoms with Crippen molar-refractivity contribution in [2.24, 2.45) is 5.73 Å². The molecule has 0 amide bonds. The van der Waals surface area contributed by atoms with Gasteiger partial charge in [-0.25, -0.2) is 9.37 Å². The van der Waals surface area contributed by atoms with E-state index in [0.29, 0.717) is 12.1 Å². The van der Waals surface area contributed by atoms with Gasteiger partial charge in [0.25, 0.3) is 0 Å². The van der Waals surface area contributed by atoms with Crippen LogP contribution < -0.4 is 5.73 Å². The van der Waals surface area contributed by atoms with Crippen LogP contribution in [0.3, 0.4) is 0 Å². The number of nitrogens with zero attached hydrogens (tertiary/aromatic N) is 2. The van der Waals surface area contributed by atoms with E-state index in [1.807, 2.05) is 35.9 Å². The molecule has 4 heteroatoms. The molecule has 0 bridgehead atoms. The van der Waals surface area contributed by atoms with Gasteiger partial charge in [-0.15, -0.1) is 0 Å². The van der Waals surface area contributed by atoms with Crippen molar-refractivity contribution in [3.8, 4) is 0 Å². The highest BCUT2D eigenvalue weighted by atomic mass is 19.1. The fraction of sp³-hybridized carbons (Fsp3) is 0.235. The van der Waals surface area contributed by atoms with Crippen molar-refractivity contribution in [1.29, 1.82) is 0 Å². The molecule has 0 fully saturated rings. The average molecular weight is 283 g/mol. The van der Waals surface area contributed by atoms with E-state index in [-0.39, 0.29) is 11.9 Å². The lowest BCUT2D eigenvalue weighted by molar-refractivity contribution is 0.601. The summed E-state index contributed by atoms with van der Waals surface area (Å²) < 4.78 is 15.8. The van der Waals surface area contributed by atoms with E-state index < -0.39 is 0 Å². The number of benzene rings is 1. The molecule has 0 aliphatic carbocycles. The predicted octanol–water partition coefficient (Wildman–Crippen LogP) is 3.11. The molecule has 1 aromatic carbocycles. The Morgan fingerprint density at radius 2 is 2.00 bits per heavy atom. The van der Waals surface area contributed by atoms with Gasteiger partial charge in [0.2, 0.25) is 0 Å². The van der Waals surface area contributed by atoms with Crippen molar-refractivity contribution >= 4 is 11.0 Å². The molecule has 0 aliphatic heterocycles. The van der Waals surface area contributed by atoms with Crippen LogP contribution in [0.1, 0.15) is 18.1 Å². The number of hydrogen-bond donors (Lipinski definition) is 1. The van der Waals surface area contributed by atoms with Gasteiger partial charge < -0.3 is 10.3 Å². The lowest BCUT2D eigenvalue weighted by Crippen LogP contribution is -2.17. The minimum Gasteiger partial charge on any atom is -0.328 e.